The van der Waals surface area contributed by atoms with Crippen LogP contribution in [-0.2, 0) is 4.79 Å². The van der Waals surface area contributed by atoms with Crippen molar-refractivity contribution in [2.45, 2.75) is 51.5 Å². The summed E-state index contributed by atoms with van der Waals surface area (Å²) in [5.41, 5.74) is 0.645. The van der Waals surface area contributed by atoms with E-state index in [0.29, 0.717) is 24.4 Å². The van der Waals surface area contributed by atoms with Gasteiger partial charge < -0.3 is 10.0 Å². The SMILES string of the molecule is CC(C)c1ccc(C(=O)N2CCCCC2(C)C(=O)O)cc1. The third-order valence-electron chi connectivity index (χ3n) is 4.42. The van der Waals surface area contributed by atoms with Gasteiger partial charge in [-0.05, 0) is 49.8 Å². The summed E-state index contributed by atoms with van der Waals surface area (Å²) in [6.45, 7) is 6.36. The van der Waals surface area contributed by atoms with E-state index in [2.05, 4.69) is 13.8 Å². The van der Waals surface area contributed by atoms with E-state index in [-0.39, 0.29) is 5.91 Å². The minimum atomic E-state index is -1.09. The van der Waals surface area contributed by atoms with Crippen LogP contribution in [0.25, 0.3) is 0 Å². The number of benzene rings is 1. The lowest BCUT2D eigenvalue weighted by Crippen LogP contribution is -2.57. The van der Waals surface area contributed by atoms with E-state index in [9.17, 15) is 14.7 Å². The Bertz CT molecular complexity index is 535. The molecule has 1 aliphatic heterocycles. The Morgan fingerprint density at radius 1 is 1.19 bits per heavy atom. The standard InChI is InChI=1S/C17H23NO3/c1-12(2)13-6-8-14(9-7-13)15(19)18-11-5-4-10-17(18,3)16(20)21/h6-9,12H,4-5,10-11H2,1-3H3,(H,20,21). The number of carboxylic acid groups (broad SMARTS) is 1. The highest BCUT2D eigenvalue weighted by Gasteiger charge is 2.44. The number of hydrogen-bond donors (Lipinski definition) is 1. The van der Waals surface area contributed by atoms with Gasteiger partial charge in [-0.2, -0.15) is 0 Å². The number of rotatable bonds is 3. The van der Waals surface area contributed by atoms with Crippen molar-refractivity contribution < 1.29 is 14.7 Å². The monoisotopic (exact) mass is 289 g/mol. The van der Waals surface area contributed by atoms with Crippen LogP contribution in [0.5, 0.6) is 0 Å². The number of likely N-dealkylation sites (tertiary alicyclic amines) is 1. The molecule has 1 atom stereocenters. The van der Waals surface area contributed by atoms with Gasteiger partial charge in [0.15, 0.2) is 0 Å². The second-order valence-corrected chi connectivity index (χ2v) is 6.27. The summed E-state index contributed by atoms with van der Waals surface area (Å²) >= 11 is 0. The first-order chi connectivity index (χ1) is 9.86. The van der Waals surface area contributed by atoms with E-state index < -0.39 is 11.5 Å². The normalized spacial score (nSPS) is 22.4. The molecule has 0 spiro atoms. The Hall–Kier alpha value is -1.84. The third kappa shape index (κ3) is 2.94. The summed E-state index contributed by atoms with van der Waals surface area (Å²) in [6, 6.07) is 7.49. The van der Waals surface area contributed by atoms with E-state index in [1.807, 2.05) is 12.1 Å². The van der Waals surface area contributed by atoms with Gasteiger partial charge in [0, 0.05) is 12.1 Å². The van der Waals surface area contributed by atoms with Gasteiger partial charge in [0.2, 0.25) is 0 Å². The fraction of sp³-hybridized carbons (Fsp3) is 0.529. The largest absolute Gasteiger partial charge is 0.480 e. The van der Waals surface area contributed by atoms with E-state index in [1.165, 1.54) is 10.5 Å². The van der Waals surface area contributed by atoms with Crippen molar-refractivity contribution in [3.8, 4) is 0 Å². The van der Waals surface area contributed by atoms with Crippen LogP contribution in [0.4, 0.5) is 0 Å². The zero-order chi connectivity index (χ0) is 15.6. The zero-order valence-corrected chi connectivity index (χ0v) is 12.9. The predicted octanol–water partition coefficient (Wildman–Crippen LogP) is 3.28. The quantitative estimate of drug-likeness (QED) is 0.929. The van der Waals surface area contributed by atoms with Crippen LogP contribution in [0.15, 0.2) is 24.3 Å². The smallest absolute Gasteiger partial charge is 0.329 e. The third-order valence-corrected chi connectivity index (χ3v) is 4.42. The lowest BCUT2D eigenvalue weighted by Gasteiger charge is -2.41. The maximum absolute atomic E-state index is 12.7. The van der Waals surface area contributed by atoms with Crippen LogP contribution in [0.3, 0.4) is 0 Å². The molecule has 4 heteroatoms. The Balaban J connectivity index is 2.27. The number of carbonyl (C=O) groups is 2. The summed E-state index contributed by atoms with van der Waals surface area (Å²) in [6.07, 6.45) is 2.22. The van der Waals surface area contributed by atoms with Gasteiger partial charge in [-0.1, -0.05) is 26.0 Å². The first kappa shape index (κ1) is 15.5. The van der Waals surface area contributed by atoms with Gasteiger partial charge in [0.1, 0.15) is 5.54 Å². The van der Waals surface area contributed by atoms with E-state index in [1.54, 1.807) is 19.1 Å². The number of amides is 1. The molecule has 1 heterocycles. The van der Waals surface area contributed by atoms with E-state index in [0.717, 1.165) is 12.8 Å². The van der Waals surface area contributed by atoms with Crippen LogP contribution >= 0.6 is 0 Å². The lowest BCUT2D eigenvalue weighted by atomic mass is 9.87. The van der Waals surface area contributed by atoms with Crippen molar-refractivity contribution in [1.82, 2.24) is 4.90 Å². The number of hydrogen-bond acceptors (Lipinski definition) is 2. The molecule has 0 aromatic heterocycles. The Morgan fingerprint density at radius 3 is 2.33 bits per heavy atom. The summed E-state index contributed by atoms with van der Waals surface area (Å²) in [7, 11) is 0. The van der Waals surface area contributed by atoms with Crippen LogP contribution in [0.2, 0.25) is 0 Å². The molecule has 2 rings (SSSR count). The molecular weight excluding hydrogens is 266 g/mol. The predicted molar refractivity (Wildman–Crippen MR) is 81.5 cm³/mol. The van der Waals surface area contributed by atoms with Gasteiger partial charge in [0.25, 0.3) is 5.91 Å². The second-order valence-electron chi connectivity index (χ2n) is 6.27. The molecule has 4 nitrogen and oxygen atoms in total. The van der Waals surface area contributed by atoms with Crippen molar-refractivity contribution in [2.75, 3.05) is 6.54 Å². The maximum atomic E-state index is 12.7. The van der Waals surface area contributed by atoms with Crippen molar-refractivity contribution >= 4 is 11.9 Å². The molecule has 1 saturated heterocycles. The molecular formula is C17H23NO3. The van der Waals surface area contributed by atoms with Gasteiger partial charge >= 0.3 is 5.97 Å². The van der Waals surface area contributed by atoms with Crippen molar-refractivity contribution in [1.29, 1.82) is 0 Å². The lowest BCUT2D eigenvalue weighted by molar-refractivity contribution is -0.150. The first-order valence-electron chi connectivity index (χ1n) is 7.51. The molecule has 1 aromatic rings. The average molecular weight is 289 g/mol. The molecule has 0 aliphatic carbocycles. The Morgan fingerprint density at radius 2 is 1.81 bits per heavy atom. The van der Waals surface area contributed by atoms with Crippen molar-refractivity contribution in [3.63, 3.8) is 0 Å². The van der Waals surface area contributed by atoms with Crippen LogP contribution in [-0.4, -0.2) is 34.0 Å². The summed E-state index contributed by atoms with van der Waals surface area (Å²) < 4.78 is 0. The molecule has 21 heavy (non-hydrogen) atoms. The van der Waals surface area contributed by atoms with Gasteiger partial charge in [-0.15, -0.1) is 0 Å². The highest BCUT2D eigenvalue weighted by atomic mass is 16.4. The molecule has 1 amide bonds. The van der Waals surface area contributed by atoms with Gasteiger partial charge in [-0.3, -0.25) is 4.79 Å². The van der Waals surface area contributed by atoms with E-state index >= 15 is 0 Å². The Kier molecular flexibility index (Phi) is 4.35. The zero-order valence-electron chi connectivity index (χ0n) is 12.9. The topological polar surface area (TPSA) is 57.6 Å². The average Bonchev–Trinajstić information content (AvgIpc) is 2.47. The van der Waals surface area contributed by atoms with Crippen LogP contribution in [0.1, 0.15) is 61.9 Å². The number of aliphatic carboxylic acids is 1. The van der Waals surface area contributed by atoms with Crippen LogP contribution in [0, 0.1) is 0 Å². The maximum Gasteiger partial charge on any atom is 0.329 e. The van der Waals surface area contributed by atoms with Crippen molar-refractivity contribution in [3.05, 3.63) is 35.4 Å². The number of piperidine rings is 1. The van der Waals surface area contributed by atoms with Gasteiger partial charge in [0.05, 0.1) is 0 Å². The molecule has 0 radical (unpaired) electrons. The first-order valence-corrected chi connectivity index (χ1v) is 7.51. The number of carboxylic acids is 1. The molecule has 1 fully saturated rings. The van der Waals surface area contributed by atoms with Crippen molar-refractivity contribution in [2.24, 2.45) is 0 Å². The highest BCUT2D eigenvalue weighted by molar-refractivity contribution is 5.98. The minimum absolute atomic E-state index is 0.185. The molecule has 0 bridgehead atoms. The van der Waals surface area contributed by atoms with Crippen LogP contribution < -0.4 is 0 Å². The number of nitrogens with zero attached hydrogens (tertiary/aromatic N) is 1. The molecule has 0 saturated carbocycles. The molecule has 1 N–H and O–H groups in total. The minimum Gasteiger partial charge on any atom is -0.480 e. The molecule has 1 unspecified atom stereocenters. The molecule has 1 aromatic carbocycles. The van der Waals surface area contributed by atoms with E-state index in [4.69, 9.17) is 0 Å². The molecule has 114 valence electrons. The second kappa shape index (κ2) is 5.88. The van der Waals surface area contributed by atoms with Gasteiger partial charge in [-0.25, -0.2) is 4.79 Å². The Labute approximate surface area is 125 Å². The number of carbonyl (C=O) groups excluding carboxylic acids is 1. The fourth-order valence-electron chi connectivity index (χ4n) is 2.84. The molecule has 1 aliphatic rings. The summed E-state index contributed by atoms with van der Waals surface area (Å²) in [5, 5.41) is 9.49. The summed E-state index contributed by atoms with van der Waals surface area (Å²) in [5.74, 6) is -0.697. The summed E-state index contributed by atoms with van der Waals surface area (Å²) in [4.78, 5) is 25.8. The fourth-order valence-corrected chi connectivity index (χ4v) is 2.84. The highest BCUT2D eigenvalue weighted by Crippen LogP contribution is 2.30.